The van der Waals surface area contributed by atoms with Crippen molar-refractivity contribution < 1.29 is 9.53 Å². The molecule has 4 nitrogen and oxygen atoms in total. The van der Waals surface area contributed by atoms with Crippen LogP contribution in [0.4, 0.5) is 5.69 Å². The van der Waals surface area contributed by atoms with Crippen LogP contribution in [0.15, 0.2) is 78.9 Å². The Hall–Kier alpha value is -3.58. The first-order valence-corrected chi connectivity index (χ1v) is 8.22. The maximum atomic E-state index is 13.1. The van der Waals surface area contributed by atoms with E-state index in [1.54, 1.807) is 31.4 Å². The Morgan fingerprint density at radius 1 is 1.00 bits per heavy atom. The number of carbonyl (C=O) groups is 1. The van der Waals surface area contributed by atoms with Gasteiger partial charge >= 0.3 is 0 Å². The van der Waals surface area contributed by atoms with Crippen LogP contribution in [-0.4, -0.2) is 13.0 Å². The quantitative estimate of drug-likeness (QED) is 0.750. The predicted molar refractivity (Wildman–Crippen MR) is 101 cm³/mol. The van der Waals surface area contributed by atoms with Crippen LogP contribution < -0.4 is 10.1 Å². The van der Waals surface area contributed by atoms with Crippen molar-refractivity contribution >= 4 is 11.6 Å². The predicted octanol–water partition coefficient (Wildman–Crippen LogP) is 4.34. The maximum absolute atomic E-state index is 13.1. The van der Waals surface area contributed by atoms with Gasteiger partial charge in [0, 0.05) is 11.8 Å². The summed E-state index contributed by atoms with van der Waals surface area (Å²) in [5.41, 5.74) is 2.64. The monoisotopic (exact) mass is 342 g/mol. The molecule has 0 aliphatic carbocycles. The van der Waals surface area contributed by atoms with Crippen LogP contribution in [0.2, 0.25) is 0 Å². The highest BCUT2D eigenvalue weighted by Crippen LogP contribution is 2.29. The highest BCUT2D eigenvalue weighted by molar-refractivity contribution is 5.98. The molecule has 0 aliphatic rings. The van der Waals surface area contributed by atoms with Gasteiger partial charge in [0.1, 0.15) is 5.75 Å². The molecule has 0 bridgehead atoms. The molecule has 3 aromatic carbocycles. The number of ether oxygens (including phenoxy) is 1. The largest absolute Gasteiger partial charge is 0.497 e. The fourth-order valence-electron chi connectivity index (χ4n) is 2.88. The third kappa shape index (κ3) is 3.73. The zero-order valence-corrected chi connectivity index (χ0v) is 14.3. The fourth-order valence-corrected chi connectivity index (χ4v) is 2.88. The maximum Gasteiger partial charge on any atom is 0.236 e. The zero-order valence-electron chi connectivity index (χ0n) is 14.3. The van der Waals surface area contributed by atoms with Crippen molar-refractivity contribution in [2.75, 3.05) is 12.4 Å². The second-order valence-corrected chi connectivity index (χ2v) is 5.76. The lowest BCUT2D eigenvalue weighted by Crippen LogP contribution is -2.23. The van der Waals surface area contributed by atoms with Gasteiger partial charge in [0.05, 0.1) is 24.7 Å². The number of amides is 1. The lowest BCUT2D eigenvalue weighted by Gasteiger charge is -2.19. The number of anilines is 1. The van der Waals surface area contributed by atoms with Crippen LogP contribution in [0.1, 0.15) is 22.6 Å². The molecule has 0 aliphatic heterocycles. The molecule has 0 fully saturated rings. The Labute approximate surface area is 152 Å². The summed E-state index contributed by atoms with van der Waals surface area (Å²) < 4.78 is 5.21. The van der Waals surface area contributed by atoms with Gasteiger partial charge in [-0.2, -0.15) is 5.26 Å². The Kier molecular flexibility index (Phi) is 5.31. The number of nitrogens with one attached hydrogen (secondary N) is 1. The van der Waals surface area contributed by atoms with Gasteiger partial charge in [0.25, 0.3) is 0 Å². The van der Waals surface area contributed by atoms with Crippen LogP contribution in [0.25, 0.3) is 0 Å². The lowest BCUT2D eigenvalue weighted by molar-refractivity contribution is -0.116. The van der Waals surface area contributed by atoms with E-state index < -0.39 is 5.92 Å². The van der Waals surface area contributed by atoms with Crippen LogP contribution in [-0.2, 0) is 4.79 Å². The van der Waals surface area contributed by atoms with Gasteiger partial charge in [-0.1, -0.05) is 54.6 Å². The van der Waals surface area contributed by atoms with Crippen LogP contribution in [0, 0.1) is 11.3 Å². The molecule has 4 heteroatoms. The number of hydrogen-bond acceptors (Lipinski definition) is 3. The summed E-state index contributed by atoms with van der Waals surface area (Å²) >= 11 is 0. The number of carbonyl (C=O) groups excluding carboxylic acids is 1. The molecule has 0 heterocycles. The number of benzene rings is 3. The summed E-state index contributed by atoms with van der Waals surface area (Å²) in [6.45, 7) is 0. The van der Waals surface area contributed by atoms with Crippen molar-refractivity contribution in [3.63, 3.8) is 0 Å². The van der Waals surface area contributed by atoms with E-state index >= 15 is 0 Å². The van der Waals surface area contributed by atoms with Crippen molar-refractivity contribution in [2.24, 2.45) is 0 Å². The number of methoxy groups -OCH3 is 1. The highest BCUT2D eigenvalue weighted by Gasteiger charge is 2.25. The van der Waals surface area contributed by atoms with Crippen molar-refractivity contribution in [1.29, 1.82) is 5.26 Å². The van der Waals surface area contributed by atoms with Gasteiger partial charge < -0.3 is 10.1 Å². The molecule has 3 aromatic rings. The number of nitriles is 1. The minimum Gasteiger partial charge on any atom is -0.497 e. The zero-order chi connectivity index (χ0) is 18.4. The van der Waals surface area contributed by atoms with E-state index in [1.807, 2.05) is 54.6 Å². The Morgan fingerprint density at radius 2 is 1.73 bits per heavy atom. The van der Waals surface area contributed by atoms with E-state index in [1.165, 1.54) is 0 Å². The SMILES string of the molecule is COc1cccc(NC(=O)C(c2ccccc2)c2ccccc2C#N)c1. The highest BCUT2D eigenvalue weighted by atomic mass is 16.5. The smallest absolute Gasteiger partial charge is 0.236 e. The van der Waals surface area contributed by atoms with Gasteiger partial charge in [-0.3, -0.25) is 4.79 Å². The molecule has 1 N–H and O–H groups in total. The molecule has 1 unspecified atom stereocenters. The first-order valence-electron chi connectivity index (χ1n) is 8.22. The van der Waals surface area contributed by atoms with E-state index in [2.05, 4.69) is 11.4 Å². The average Bonchev–Trinajstić information content (AvgIpc) is 2.69. The molecule has 128 valence electrons. The summed E-state index contributed by atoms with van der Waals surface area (Å²) in [6.07, 6.45) is 0. The summed E-state index contributed by atoms with van der Waals surface area (Å²) in [5.74, 6) is -0.123. The number of nitrogens with zero attached hydrogens (tertiary/aromatic N) is 1. The summed E-state index contributed by atoms with van der Waals surface area (Å²) in [6, 6.07) is 26.0. The van der Waals surface area contributed by atoms with Crippen molar-refractivity contribution in [3.05, 3.63) is 95.6 Å². The molecular weight excluding hydrogens is 324 g/mol. The number of hydrogen-bond donors (Lipinski definition) is 1. The minimum atomic E-state index is -0.585. The van der Waals surface area contributed by atoms with Gasteiger partial charge in [-0.25, -0.2) is 0 Å². The molecular formula is C22H18N2O2. The summed E-state index contributed by atoms with van der Waals surface area (Å²) in [5, 5.41) is 12.4. The van der Waals surface area contributed by atoms with E-state index in [4.69, 9.17) is 4.74 Å². The van der Waals surface area contributed by atoms with Crippen LogP contribution in [0.3, 0.4) is 0 Å². The molecule has 3 rings (SSSR count). The van der Waals surface area contributed by atoms with Crippen LogP contribution in [0.5, 0.6) is 5.75 Å². The molecule has 1 atom stereocenters. The molecule has 0 radical (unpaired) electrons. The van der Waals surface area contributed by atoms with Gasteiger partial charge in [-0.05, 0) is 29.3 Å². The molecule has 0 saturated carbocycles. The van der Waals surface area contributed by atoms with Crippen molar-refractivity contribution in [2.45, 2.75) is 5.92 Å². The van der Waals surface area contributed by atoms with Crippen molar-refractivity contribution in [1.82, 2.24) is 0 Å². The molecule has 0 spiro atoms. The normalized spacial score (nSPS) is 11.2. The number of rotatable bonds is 5. The van der Waals surface area contributed by atoms with Gasteiger partial charge in [0.2, 0.25) is 5.91 Å². The van der Waals surface area contributed by atoms with Gasteiger partial charge in [0.15, 0.2) is 0 Å². The topological polar surface area (TPSA) is 62.1 Å². The third-order valence-corrected chi connectivity index (χ3v) is 4.12. The van der Waals surface area contributed by atoms with E-state index in [0.29, 0.717) is 22.6 Å². The second-order valence-electron chi connectivity index (χ2n) is 5.76. The minimum absolute atomic E-state index is 0.202. The standard InChI is InChI=1S/C22H18N2O2/c1-26-19-12-7-11-18(14-19)24-22(25)21(16-8-3-2-4-9-16)20-13-6-5-10-17(20)15-23/h2-14,21H,1H3,(H,24,25). The van der Waals surface area contributed by atoms with E-state index in [0.717, 1.165) is 5.56 Å². The average molecular weight is 342 g/mol. The Balaban J connectivity index is 2.01. The fraction of sp³-hybridized carbons (Fsp3) is 0.0909. The van der Waals surface area contributed by atoms with Crippen LogP contribution >= 0.6 is 0 Å². The first-order chi connectivity index (χ1) is 12.7. The molecule has 26 heavy (non-hydrogen) atoms. The molecule has 0 aromatic heterocycles. The summed E-state index contributed by atoms with van der Waals surface area (Å²) in [7, 11) is 1.58. The van der Waals surface area contributed by atoms with Crippen molar-refractivity contribution in [3.8, 4) is 11.8 Å². The third-order valence-electron chi connectivity index (χ3n) is 4.12. The molecule has 0 saturated heterocycles. The first kappa shape index (κ1) is 17.2. The van der Waals surface area contributed by atoms with Gasteiger partial charge in [-0.15, -0.1) is 0 Å². The van der Waals surface area contributed by atoms with E-state index in [9.17, 15) is 10.1 Å². The Bertz CT molecular complexity index is 946. The second kappa shape index (κ2) is 8.00. The summed E-state index contributed by atoms with van der Waals surface area (Å²) in [4.78, 5) is 13.1. The molecule has 1 amide bonds. The Morgan fingerprint density at radius 3 is 2.46 bits per heavy atom. The lowest BCUT2D eigenvalue weighted by atomic mass is 9.87. The van der Waals surface area contributed by atoms with E-state index in [-0.39, 0.29) is 5.91 Å².